The minimum absolute atomic E-state index is 0.0387. The molecule has 0 bridgehead atoms. The summed E-state index contributed by atoms with van der Waals surface area (Å²) in [6.07, 6.45) is -3.43. The Kier molecular flexibility index (Phi) is 6.90. The first kappa shape index (κ1) is 24.5. The van der Waals surface area contributed by atoms with E-state index in [1.807, 2.05) is 6.07 Å². The van der Waals surface area contributed by atoms with Crippen molar-refractivity contribution in [3.8, 4) is 0 Å². The van der Waals surface area contributed by atoms with Crippen molar-refractivity contribution in [3.05, 3.63) is 52.8 Å². The Hall–Kier alpha value is -2.60. The lowest BCUT2D eigenvalue weighted by Crippen LogP contribution is -2.53. The van der Waals surface area contributed by atoms with Crippen molar-refractivity contribution in [1.29, 1.82) is 0 Å². The van der Waals surface area contributed by atoms with E-state index >= 15 is 0 Å². The first-order valence-corrected chi connectivity index (χ1v) is 12.9. The van der Waals surface area contributed by atoms with Gasteiger partial charge in [0.2, 0.25) is 0 Å². The zero-order valence-corrected chi connectivity index (χ0v) is 19.3. The molecule has 2 atom stereocenters. The van der Waals surface area contributed by atoms with Crippen LogP contribution in [0.1, 0.15) is 40.8 Å². The van der Waals surface area contributed by atoms with Crippen LogP contribution in [0.15, 0.2) is 30.3 Å². The second-order valence-electron chi connectivity index (χ2n) is 8.87. The van der Waals surface area contributed by atoms with E-state index in [9.17, 15) is 31.5 Å². The molecule has 12 heteroatoms. The van der Waals surface area contributed by atoms with E-state index in [0.29, 0.717) is 31.5 Å². The maximum absolute atomic E-state index is 13.3. The van der Waals surface area contributed by atoms with Crippen molar-refractivity contribution in [1.82, 2.24) is 20.0 Å². The summed E-state index contributed by atoms with van der Waals surface area (Å²) in [5.74, 6) is -0.538. The number of H-pyrrole nitrogens is 1. The van der Waals surface area contributed by atoms with E-state index in [4.69, 9.17) is 0 Å². The molecule has 1 aromatic heterocycles. The summed E-state index contributed by atoms with van der Waals surface area (Å²) in [5, 5.41) is 16.4. The number of nitrogens with one attached hydrogen (secondary N) is 1. The lowest BCUT2D eigenvalue weighted by atomic mass is 9.82. The molecule has 0 saturated carbocycles. The molecular formula is C22H27F3N4O4S. The number of carbonyl (C=O) groups excluding carboxylic acids is 1. The van der Waals surface area contributed by atoms with Crippen molar-refractivity contribution in [2.24, 2.45) is 0 Å². The minimum Gasteiger partial charge on any atom is -0.396 e. The lowest BCUT2D eigenvalue weighted by molar-refractivity contribution is -0.137. The Labute approximate surface area is 195 Å². The smallest absolute Gasteiger partial charge is 0.396 e. The number of sulfone groups is 1. The van der Waals surface area contributed by atoms with Gasteiger partial charge in [-0.2, -0.15) is 18.3 Å². The molecule has 4 rings (SSSR count). The highest BCUT2D eigenvalue weighted by atomic mass is 32.2. The largest absolute Gasteiger partial charge is 0.416 e. The highest BCUT2D eigenvalue weighted by molar-refractivity contribution is 7.91. The normalized spacial score (nSPS) is 23.2. The van der Waals surface area contributed by atoms with Gasteiger partial charge in [-0.15, -0.1) is 0 Å². The molecule has 2 unspecified atom stereocenters. The van der Waals surface area contributed by atoms with Crippen molar-refractivity contribution in [3.63, 3.8) is 0 Å². The van der Waals surface area contributed by atoms with Crippen LogP contribution in [-0.4, -0.2) is 83.8 Å². The second kappa shape index (κ2) is 9.57. The van der Waals surface area contributed by atoms with Crippen LogP contribution in [0.3, 0.4) is 0 Å². The number of urea groups is 1. The van der Waals surface area contributed by atoms with Crippen LogP contribution in [0.25, 0.3) is 0 Å². The molecule has 2 aliphatic heterocycles. The molecule has 0 radical (unpaired) electrons. The molecule has 1 aromatic carbocycles. The lowest BCUT2D eigenvalue weighted by Gasteiger charge is -2.40. The number of aliphatic hydroxyl groups is 1. The van der Waals surface area contributed by atoms with Crippen molar-refractivity contribution < 1.29 is 31.5 Å². The Balaban J connectivity index is 1.57. The maximum Gasteiger partial charge on any atom is 0.416 e. The topological polar surface area (TPSA) is 107 Å². The summed E-state index contributed by atoms with van der Waals surface area (Å²) in [7, 11) is -3.15. The third-order valence-electron chi connectivity index (χ3n) is 6.50. The monoisotopic (exact) mass is 500 g/mol. The molecule has 186 valence electrons. The molecule has 2 fully saturated rings. The van der Waals surface area contributed by atoms with Gasteiger partial charge in [-0.05, 0) is 30.2 Å². The molecule has 34 heavy (non-hydrogen) atoms. The number of carbonyl (C=O) groups is 1. The van der Waals surface area contributed by atoms with E-state index in [1.54, 1.807) is 4.90 Å². The molecular weight excluding hydrogens is 473 g/mol. The summed E-state index contributed by atoms with van der Waals surface area (Å²) >= 11 is 0. The number of likely N-dealkylation sites (tertiary alicyclic amines) is 1. The summed E-state index contributed by atoms with van der Waals surface area (Å²) in [4.78, 5) is 16.4. The van der Waals surface area contributed by atoms with Crippen molar-refractivity contribution in [2.75, 3.05) is 44.3 Å². The van der Waals surface area contributed by atoms with Gasteiger partial charge in [0.25, 0.3) is 0 Å². The minimum atomic E-state index is -4.43. The zero-order valence-electron chi connectivity index (χ0n) is 18.5. The Bertz CT molecular complexity index is 1100. The van der Waals surface area contributed by atoms with Crippen LogP contribution >= 0.6 is 0 Å². The molecule has 3 heterocycles. The average Bonchev–Trinajstić information content (AvgIpc) is 3.27. The molecule has 2 N–H and O–H groups in total. The molecule has 8 nitrogen and oxygen atoms in total. The number of rotatable bonds is 4. The van der Waals surface area contributed by atoms with Gasteiger partial charge in [-0.25, -0.2) is 13.2 Å². The maximum atomic E-state index is 13.3. The summed E-state index contributed by atoms with van der Waals surface area (Å²) in [6, 6.07) is 6.57. The van der Waals surface area contributed by atoms with Crippen LogP contribution in [0.4, 0.5) is 18.0 Å². The number of halogens is 3. The van der Waals surface area contributed by atoms with Crippen molar-refractivity contribution in [2.45, 2.75) is 30.9 Å². The highest BCUT2D eigenvalue weighted by Crippen LogP contribution is 2.37. The van der Waals surface area contributed by atoms with E-state index in [0.717, 1.165) is 23.5 Å². The predicted molar refractivity (Wildman–Crippen MR) is 118 cm³/mol. The van der Waals surface area contributed by atoms with E-state index in [1.165, 1.54) is 17.0 Å². The number of aliphatic hydroxyl groups excluding tert-OH is 1. The predicted octanol–water partition coefficient (Wildman–Crippen LogP) is 2.39. The van der Waals surface area contributed by atoms with E-state index < -0.39 is 21.6 Å². The number of hydrogen-bond acceptors (Lipinski definition) is 5. The van der Waals surface area contributed by atoms with E-state index in [2.05, 4.69) is 10.2 Å². The van der Waals surface area contributed by atoms with Gasteiger partial charge in [0.15, 0.2) is 9.84 Å². The Morgan fingerprint density at radius 1 is 1.09 bits per heavy atom. The van der Waals surface area contributed by atoms with Crippen LogP contribution in [-0.2, 0) is 22.4 Å². The fraction of sp³-hybridized carbons (Fsp3) is 0.545. The van der Waals surface area contributed by atoms with Crippen LogP contribution in [0.2, 0.25) is 0 Å². The Morgan fingerprint density at radius 2 is 1.74 bits per heavy atom. The number of nitrogens with zero attached hydrogens (tertiary/aromatic N) is 3. The van der Waals surface area contributed by atoms with Gasteiger partial charge < -0.3 is 14.9 Å². The average molecular weight is 501 g/mol. The quantitative estimate of drug-likeness (QED) is 0.671. The second-order valence-corrected chi connectivity index (χ2v) is 11.2. The molecule has 0 spiro atoms. The van der Waals surface area contributed by atoms with Crippen molar-refractivity contribution >= 4 is 15.9 Å². The molecule has 2 aromatic rings. The van der Waals surface area contributed by atoms with Crippen LogP contribution in [0, 0.1) is 0 Å². The number of piperidine rings is 1. The van der Waals surface area contributed by atoms with Gasteiger partial charge >= 0.3 is 12.2 Å². The van der Waals surface area contributed by atoms with Gasteiger partial charge in [-0.1, -0.05) is 12.1 Å². The number of aromatic nitrogens is 2. The molecule has 2 saturated heterocycles. The number of amides is 2. The number of benzene rings is 1. The summed E-state index contributed by atoms with van der Waals surface area (Å²) < 4.78 is 62.5. The fourth-order valence-corrected chi connectivity index (χ4v) is 5.80. The number of hydrogen-bond donors (Lipinski definition) is 2. The number of aromatic amines is 1. The van der Waals surface area contributed by atoms with Crippen LogP contribution in [0.5, 0.6) is 0 Å². The Morgan fingerprint density at radius 3 is 2.35 bits per heavy atom. The van der Waals surface area contributed by atoms with Gasteiger partial charge in [0.1, 0.15) is 0 Å². The third kappa shape index (κ3) is 5.54. The standard InChI is InChI=1S/C22H27F3N4O4S/c23-22(24,25)18-3-1-15(2-4-18)16-11-17(20-12-19(5-8-30)26-27-20)14-29(13-16)21(31)28-6-9-34(32,33)10-7-28/h1-4,12,16-17,30H,5-11,13-14H2,(H,26,27). The third-order valence-corrected chi connectivity index (χ3v) is 8.10. The summed E-state index contributed by atoms with van der Waals surface area (Å²) in [6.45, 7) is 0.885. The number of alkyl halides is 3. The van der Waals surface area contributed by atoms with Gasteiger partial charge in [0.05, 0.1) is 22.8 Å². The molecule has 2 aliphatic rings. The zero-order chi connectivity index (χ0) is 24.5. The summed E-state index contributed by atoms with van der Waals surface area (Å²) in [5.41, 5.74) is 1.45. The van der Waals surface area contributed by atoms with Gasteiger partial charge in [-0.3, -0.25) is 5.10 Å². The van der Waals surface area contributed by atoms with E-state index in [-0.39, 0.29) is 49.1 Å². The highest BCUT2D eigenvalue weighted by Gasteiger charge is 2.37. The molecule has 2 amide bonds. The molecule has 0 aliphatic carbocycles. The van der Waals surface area contributed by atoms with Crippen LogP contribution < -0.4 is 0 Å². The fourth-order valence-electron chi connectivity index (χ4n) is 4.60. The first-order valence-electron chi connectivity index (χ1n) is 11.1. The first-order chi connectivity index (χ1) is 16.1. The SMILES string of the molecule is O=C(N1CCS(=O)(=O)CC1)N1CC(c2ccc(C(F)(F)F)cc2)CC(c2cc(CCO)[nH]n2)C1. The van der Waals surface area contributed by atoms with Gasteiger partial charge in [0, 0.05) is 56.7 Å².